The Bertz CT molecular complexity index is 662. The Kier molecular flexibility index (Phi) is 3.32. The number of fused-ring (bicyclic) bond motifs is 1. The van der Waals surface area contributed by atoms with Gasteiger partial charge >= 0.3 is 0 Å². The summed E-state index contributed by atoms with van der Waals surface area (Å²) in [5.41, 5.74) is 2.32. The molecule has 1 aromatic carbocycles. The molecule has 4 nitrogen and oxygen atoms in total. The Morgan fingerprint density at radius 2 is 1.84 bits per heavy atom. The minimum absolute atomic E-state index is 0.802. The molecule has 0 bridgehead atoms. The van der Waals surface area contributed by atoms with E-state index >= 15 is 0 Å². The van der Waals surface area contributed by atoms with E-state index in [4.69, 9.17) is 0 Å². The van der Waals surface area contributed by atoms with Crippen molar-refractivity contribution >= 4 is 16.7 Å². The Balaban J connectivity index is 1.72. The summed E-state index contributed by atoms with van der Waals surface area (Å²) >= 11 is 0. The lowest BCUT2D eigenvalue weighted by molar-refractivity contribution is 0.969. The molecule has 0 aliphatic carbocycles. The average molecular weight is 250 g/mol. The lowest BCUT2D eigenvalue weighted by atomic mass is 10.1. The molecule has 0 aliphatic heterocycles. The molecule has 4 heteroatoms. The first kappa shape index (κ1) is 11.6. The van der Waals surface area contributed by atoms with Gasteiger partial charge in [-0.05, 0) is 30.2 Å². The molecule has 94 valence electrons. The third-order valence-corrected chi connectivity index (χ3v) is 2.99. The predicted octanol–water partition coefficient (Wildman–Crippen LogP) is 2.68. The van der Waals surface area contributed by atoms with Crippen molar-refractivity contribution in [3.05, 3.63) is 60.4 Å². The van der Waals surface area contributed by atoms with Crippen molar-refractivity contribution in [1.29, 1.82) is 0 Å². The van der Waals surface area contributed by atoms with E-state index in [1.165, 1.54) is 10.9 Å². The molecule has 0 aliphatic rings. The van der Waals surface area contributed by atoms with Crippen LogP contribution in [0.4, 0.5) is 5.82 Å². The van der Waals surface area contributed by atoms with Crippen LogP contribution in [-0.4, -0.2) is 21.7 Å². The number of nitrogens with zero attached hydrogens (tertiary/aromatic N) is 3. The van der Waals surface area contributed by atoms with Gasteiger partial charge in [-0.1, -0.05) is 24.3 Å². The molecule has 0 saturated carbocycles. The number of benzene rings is 1. The highest BCUT2D eigenvalue weighted by molar-refractivity contribution is 5.81. The van der Waals surface area contributed by atoms with Crippen molar-refractivity contribution in [2.75, 3.05) is 11.9 Å². The van der Waals surface area contributed by atoms with Crippen LogP contribution in [0.5, 0.6) is 0 Å². The van der Waals surface area contributed by atoms with E-state index in [2.05, 4.69) is 44.8 Å². The maximum absolute atomic E-state index is 4.45. The lowest BCUT2D eigenvalue weighted by Gasteiger charge is -2.07. The van der Waals surface area contributed by atoms with Gasteiger partial charge in [0.15, 0.2) is 0 Å². The zero-order chi connectivity index (χ0) is 12.9. The summed E-state index contributed by atoms with van der Waals surface area (Å²) in [6, 6.07) is 14.1. The SMILES string of the molecule is c1cnnc(NCCc2cccc3cccnc23)c1. The van der Waals surface area contributed by atoms with Crippen molar-refractivity contribution in [1.82, 2.24) is 15.2 Å². The van der Waals surface area contributed by atoms with E-state index in [0.717, 1.165) is 24.3 Å². The Labute approximate surface area is 111 Å². The molecule has 19 heavy (non-hydrogen) atoms. The van der Waals surface area contributed by atoms with Gasteiger partial charge in [0.25, 0.3) is 0 Å². The van der Waals surface area contributed by atoms with Crippen LogP contribution >= 0.6 is 0 Å². The number of hydrogen-bond donors (Lipinski definition) is 1. The molecule has 1 N–H and O–H groups in total. The highest BCUT2D eigenvalue weighted by Crippen LogP contribution is 2.16. The molecule has 3 rings (SSSR count). The van der Waals surface area contributed by atoms with Gasteiger partial charge in [-0.2, -0.15) is 5.10 Å². The molecule has 3 aromatic rings. The summed E-state index contributed by atoms with van der Waals surface area (Å²) in [6.07, 6.45) is 4.41. The number of aromatic nitrogens is 3. The topological polar surface area (TPSA) is 50.7 Å². The molecule has 0 radical (unpaired) electrons. The third kappa shape index (κ3) is 2.68. The van der Waals surface area contributed by atoms with Gasteiger partial charge in [-0.15, -0.1) is 5.10 Å². The molecule has 0 spiro atoms. The zero-order valence-electron chi connectivity index (χ0n) is 10.5. The largest absolute Gasteiger partial charge is 0.368 e. The maximum Gasteiger partial charge on any atom is 0.148 e. The van der Waals surface area contributed by atoms with Crippen molar-refractivity contribution in [3.8, 4) is 0 Å². The number of rotatable bonds is 4. The maximum atomic E-state index is 4.45. The number of anilines is 1. The minimum atomic E-state index is 0.802. The number of nitrogens with one attached hydrogen (secondary N) is 1. The highest BCUT2D eigenvalue weighted by Gasteiger charge is 2.01. The van der Waals surface area contributed by atoms with Gasteiger partial charge in [0.05, 0.1) is 5.52 Å². The zero-order valence-corrected chi connectivity index (χ0v) is 10.5. The molecule has 0 atom stereocenters. The number of hydrogen-bond acceptors (Lipinski definition) is 4. The van der Waals surface area contributed by atoms with Gasteiger partial charge in [0.2, 0.25) is 0 Å². The van der Waals surface area contributed by atoms with Crippen LogP contribution in [0.25, 0.3) is 10.9 Å². The van der Waals surface area contributed by atoms with Crippen molar-refractivity contribution < 1.29 is 0 Å². The summed E-state index contributed by atoms with van der Waals surface area (Å²) in [4.78, 5) is 4.45. The molecule has 0 amide bonds. The molecule has 2 aromatic heterocycles. The van der Waals surface area contributed by atoms with Gasteiger partial charge in [-0.25, -0.2) is 0 Å². The standard InChI is InChI=1S/C15H14N4/c1-4-12-6-2-9-17-15(12)13(5-1)8-11-16-14-7-3-10-18-19-14/h1-7,9-10H,8,11H2,(H,16,19). The van der Waals surface area contributed by atoms with E-state index < -0.39 is 0 Å². The van der Waals surface area contributed by atoms with E-state index in [9.17, 15) is 0 Å². The summed E-state index contributed by atoms with van der Waals surface area (Å²) < 4.78 is 0. The quantitative estimate of drug-likeness (QED) is 0.773. The smallest absolute Gasteiger partial charge is 0.148 e. The van der Waals surface area contributed by atoms with Crippen LogP contribution in [-0.2, 0) is 6.42 Å². The molecular weight excluding hydrogens is 236 g/mol. The van der Waals surface area contributed by atoms with Crippen molar-refractivity contribution in [3.63, 3.8) is 0 Å². The van der Waals surface area contributed by atoms with Crippen LogP contribution in [0.2, 0.25) is 0 Å². The molecule has 0 saturated heterocycles. The van der Waals surface area contributed by atoms with E-state index in [1.807, 2.05) is 24.4 Å². The van der Waals surface area contributed by atoms with Gasteiger partial charge in [-0.3, -0.25) is 4.98 Å². The second-order valence-electron chi connectivity index (χ2n) is 4.28. The summed E-state index contributed by atoms with van der Waals surface area (Å²) in [7, 11) is 0. The first-order chi connectivity index (χ1) is 9.43. The van der Waals surface area contributed by atoms with Crippen LogP contribution < -0.4 is 5.32 Å². The minimum Gasteiger partial charge on any atom is -0.368 e. The summed E-state index contributed by atoms with van der Waals surface area (Å²) in [5.74, 6) is 0.802. The van der Waals surface area contributed by atoms with Crippen molar-refractivity contribution in [2.24, 2.45) is 0 Å². The fraction of sp³-hybridized carbons (Fsp3) is 0.133. The fourth-order valence-corrected chi connectivity index (χ4v) is 2.09. The van der Waals surface area contributed by atoms with E-state index in [1.54, 1.807) is 6.20 Å². The Hall–Kier alpha value is -2.49. The second kappa shape index (κ2) is 5.44. The van der Waals surface area contributed by atoms with E-state index in [-0.39, 0.29) is 0 Å². The molecule has 0 fully saturated rings. The Morgan fingerprint density at radius 3 is 2.74 bits per heavy atom. The average Bonchev–Trinajstić information content (AvgIpc) is 2.49. The Morgan fingerprint density at radius 1 is 0.947 bits per heavy atom. The van der Waals surface area contributed by atoms with Crippen molar-refractivity contribution in [2.45, 2.75) is 6.42 Å². The predicted molar refractivity (Wildman–Crippen MR) is 76.0 cm³/mol. The molecule has 0 unspecified atom stereocenters. The van der Waals surface area contributed by atoms with Crippen LogP contribution in [0.15, 0.2) is 54.9 Å². The van der Waals surface area contributed by atoms with Crippen LogP contribution in [0, 0.1) is 0 Å². The third-order valence-electron chi connectivity index (χ3n) is 2.99. The fourth-order valence-electron chi connectivity index (χ4n) is 2.09. The van der Waals surface area contributed by atoms with Gasteiger partial charge < -0.3 is 5.32 Å². The number of para-hydroxylation sites is 1. The van der Waals surface area contributed by atoms with Crippen LogP contribution in [0.1, 0.15) is 5.56 Å². The van der Waals surface area contributed by atoms with Gasteiger partial charge in [0, 0.05) is 24.3 Å². The summed E-state index contributed by atoms with van der Waals surface area (Å²) in [5, 5.41) is 12.3. The summed E-state index contributed by atoms with van der Waals surface area (Å²) in [6.45, 7) is 0.814. The van der Waals surface area contributed by atoms with E-state index in [0.29, 0.717) is 0 Å². The highest BCUT2D eigenvalue weighted by atomic mass is 15.2. The monoisotopic (exact) mass is 250 g/mol. The van der Waals surface area contributed by atoms with Gasteiger partial charge in [0.1, 0.15) is 5.82 Å². The molecular formula is C15H14N4. The number of pyridine rings is 1. The molecule has 2 heterocycles. The first-order valence-electron chi connectivity index (χ1n) is 6.28. The van der Waals surface area contributed by atoms with Crippen LogP contribution in [0.3, 0.4) is 0 Å². The lowest BCUT2D eigenvalue weighted by Crippen LogP contribution is -2.07. The normalized spacial score (nSPS) is 10.5. The first-order valence-corrected chi connectivity index (χ1v) is 6.28. The second-order valence-corrected chi connectivity index (χ2v) is 4.28.